The molecule has 0 amide bonds. The second-order valence-electron chi connectivity index (χ2n) is 6.26. The van der Waals surface area contributed by atoms with E-state index in [2.05, 4.69) is 13.8 Å². The second-order valence-corrected chi connectivity index (χ2v) is 6.26. The predicted molar refractivity (Wildman–Crippen MR) is 60.4 cm³/mol. The summed E-state index contributed by atoms with van der Waals surface area (Å²) in [6.45, 7) is 5.01. The molecule has 2 saturated carbocycles. The molecule has 0 aromatic heterocycles. The molecule has 0 spiro atoms. The van der Waals surface area contributed by atoms with Crippen molar-refractivity contribution < 1.29 is 10.2 Å². The first-order valence-corrected chi connectivity index (χ1v) is 6.30. The Morgan fingerprint density at radius 2 is 1.87 bits per heavy atom. The second kappa shape index (κ2) is 4.06. The zero-order valence-corrected chi connectivity index (χ0v) is 9.95. The van der Waals surface area contributed by atoms with Crippen molar-refractivity contribution in [2.45, 2.75) is 39.5 Å². The van der Waals surface area contributed by atoms with Crippen LogP contribution in [-0.2, 0) is 0 Å². The largest absolute Gasteiger partial charge is 0.396 e. The third kappa shape index (κ3) is 1.94. The molecule has 2 rings (SSSR count). The molecular weight excluding hydrogens is 188 g/mol. The van der Waals surface area contributed by atoms with E-state index < -0.39 is 0 Å². The first-order valence-electron chi connectivity index (χ1n) is 6.30. The van der Waals surface area contributed by atoms with Crippen LogP contribution in [0.1, 0.15) is 39.5 Å². The lowest BCUT2D eigenvalue weighted by Gasteiger charge is -2.39. The molecule has 0 aliphatic heterocycles. The predicted octanol–water partition coefficient (Wildman–Crippen LogP) is 2.05. The van der Waals surface area contributed by atoms with E-state index in [4.69, 9.17) is 5.11 Å². The highest BCUT2D eigenvalue weighted by molar-refractivity contribution is 4.99. The van der Waals surface area contributed by atoms with Gasteiger partial charge in [-0.25, -0.2) is 0 Å². The fraction of sp³-hybridized carbons (Fsp3) is 1.00. The summed E-state index contributed by atoms with van der Waals surface area (Å²) in [5, 5.41) is 18.5. The van der Waals surface area contributed by atoms with E-state index in [0.29, 0.717) is 19.1 Å². The Balaban J connectivity index is 2.05. The van der Waals surface area contributed by atoms with Crippen LogP contribution in [-0.4, -0.2) is 23.4 Å². The Hall–Kier alpha value is -0.0800. The van der Waals surface area contributed by atoms with Crippen molar-refractivity contribution in [1.82, 2.24) is 0 Å². The summed E-state index contributed by atoms with van der Waals surface area (Å²) in [6, 6.07) is 0. The van der Waals surface area contributed by atoms with E-state index in [0.717, 1.165) is 24.2 Å². The van der Waals surface area contributed by atoms with E-state index in [1.54, 1.807) is 0 Å². The molecule has 0 heterocycles. The normalized spacial score (nSPS) is 40.0. The SMILES string of the molecule is CC(C)(CO)C1CC2CC(CCO)C1C2. The summed E-state index contributed by atoms with van der Waals surface area (Å²) in [4.78, 5) is 0. The summed E-state index contributed by atoms with van der Waals surface area (Å²) in [7, 11) is 0. The molecule has 0 aromatic carbocycles. The molecule has 2 bridgehead atoms. The summed E-state index contributed by atoms with van der Waals surface area (Å²) in [5.41, 5.74) is 0.0769. The van der Waals surface area contributed by atoms with Gasteiger partial charge in [0.05, 0.1) is 0 Å². The number of aliphatic hydroxyl groups is 2. The van der Waals surface area contributed by atoms with E-state index in [-0.39, 0.29) is 5.41 Å². The van der Waals surface area contributed by atoms with Crippen molar-refractivity contribution in [2.75, 3.05) is 13.2 Å². The number of fused-ring (bicyclic) bond motifs is 2. The van der Waals surface area contributed by atoms with Gasteiger partial charge >= 0.3 is 0 Å². The lowest BCUT2D eigenvalue weighted by molar-refractivity contribution is 0.0387. The van der Waals surface area contributed by atoms with Crippen LogP contribution >= 0.6 is 0 Å². The fourth-order valence-corrected chi connectivity index (χ4v) is 4.01. The third-order valence-corrected chi connectivity index (χ3v) is 4.86. The summed E-state index contributed by atoms with van der Waals surface area (Å²) in [6.07, 6.45) is 4.95. The molecule has 2 heteroatoms. The maximum absolute atomic E-state index is 9.45. The lowest BCUT2D eigenvalue weighted by Crippen LogP contribution is -2.35. The number of rotatable bonds is 4. The van der Waals surface area contributed by atoms with Crippen molar-refractivity contribution in [3.05, 3.63) is 0 Å². The zero-order valence-electron chi connectivity index (χ0n) is 9.95. The van der Waals surface area contributed by atoms with Crippen LogP contribution in [0.5, 0.6) is 0 Å². The smallest absolute Gasteiger partial charge is 0.0484 e. The van der Waals surface area contributed by atoms with Gasteiger partial charge in [-0.3, -0.25) is 0 Å². The zero-order chi connectivity index (χ0) is 11.1. The van der Waals surface area contributed by atoms with Gasteiger partial charge in [-0.05, 0) is 54.8 Å². The molecule has 88 valence electrons. The minimum atomic E-state index is 0.0769. The monoisotopic (exact) mass is 212 g/mol. The molecule has 15 heavy (non-hydrogen) atoms. The lowest BCUT2D eigenvalue weighted by atomic mass is 9.67. The molecule has 2 aliphatic carbocycles. The standard InChI is InChI=1S/C13H24O2/c1-13(2,8-15)12-7-9-5-10(3-4-14)11(12)6-9/h9-12,14-15H,3-8H2,1-2H3. The maximum atomic E-state index is 9.45. The minimum Gasteiger partial charge on any atom is -0.396 e. The summed E-state index contributed by atoms with van der Waals surface area (Å²) >= 11 is 0. The van der Waals surface area contributed by atoms with Gasteiger partial charge in [0.15, 0.2) is 0 Å². The van der Waals surface area contributed by atoms with E-state index >= 15 is 0 Å². The van der Waals surface area contributed by atoms with Gasteiger partial charge < -0.3 is 10.2 Å². The van der Waals surface area contributed by atoms with Crippen LogP contribution in [0.2, 0.25) is 0 Å². The quantitative estimate of drug-likeness (QED) is 0.749. The van der Waals surface area contributed by atoms with E-state index in [1.165, 1.54) is 19.3 Å². The molecule has 2 N–H and O–H groups in total. The van der Waals surface area contributed by atoms with Crippen molar-refractivity contribution >= 4 is 0 Å². The van der Waals surface area contributed by atoms with Gasteiger partial charge in [0, 0.05) is 13.2 Å². The molecular formula is C13H24O2. The highest BCUT2D eigenvalue weighted by Crippen LogP contribution is 2.57. The molecule has 2 aliphatic rings. The molecule has 4 unspecified atom stereocenters. The van der Waals surface area contributed by atoms with Crippen LogP contribution in [0.3, 0.4) is 0 Å². The number of aliphatic hydroxyl groups excluding tert-OH is 2. The molecule has 2 fully saturated rings. The first-order chi connectivity index (χ1) is 7.08. The number of hydrogen-bond donors (Lipinski definition) is 2. The van der Waals surface area contributed by atoms with Crippen molar-refractivity contribution in [3.8, 4) is 0 Å². The third-order valence-electron chi connectivity index (χ3n) is 4.86. The van der Waals surface area contributed by atoms with Crippen molar-refractivity contribution in [3.63, 3.8) is 0 Å². The van der Waals surface area contributed by atoms with E-state index in [1.807, 2.05) is 0 Å². The Morgan fingerprint density at radius 1 is 1.13 bits per heavy atom. The Morgan fingerprint density at radius 3 is 2.40 bits per heavy atom. The average Bonchev–Trinajstić information content (AvgIpc) is 2.77. The molecule has 0 aromatic rings. The Kier molecular flexibility index (Phi) is 3.09. The summed E-state index contributed by atoms with van der Waals surface area (Å²) < 4.78 is 0. The molecule has 4 atom stereocenters. The highest BCUT2D eigenvalue weighted by Gasteiger charge is 2.50. The summed E-state index contributed by atoms with van der Waals surface area (Å²) in [5.74, 6) is 3.05. The van der Waals surface area contributed by atoms with Gasteiger partial charge in [0.1, 0.15) is 0 Å². The van der Waals surface area contributed by atoms with E-state index in [9.17, 15) is 5.11 Å². The Labute approximate surface area is 92.7 Å². The highest BCUT2D eigenvalue weighted by atomic mass is 16.3. The maximum Gasteiger partial charge on any atom is 0.0484 e. The van der Waals surface area contributed by atoms with Gasteiger partial charge in [0.25, 0.3) is 0 Å². The van der Waals surface area contributed by atoms with Gasteiger partial charge in [-0.1, -0.05) is 13.8 Å². The van der Waals surface area contributed by atoms with Gasteiger partial charge in [-0.15, -0.1) is 0 Å². The number of hydrogen-bond acceptors (Lipinski definition) is 2. The molecule has 2 nitrogen and oxygen atoms in total. The van der Waals surface area contributed by atoms with Crippen LogP contribution in [0.15, 0.2) is 0 Å². The van der Waals surface area contributed by atoms with Gasteiger partial charge in [0.2, 0.25) is 0 Å². The van der Waals surface area contributed by atoms with Crippen molar-refractivity contribution in [2.24, 2.45) is 29.1 Å². The van der Waals surface area contributed by atoms with Crippen molar-refractivity contribution in [1.29, 1.82) is 0 Å². The molecule has 0 radical (unpaired) electrons. The fourth-order valence-electron chi connectivity index (χ4n) is 4.01. The minimum absolute atomic E-state index is 0.0769. The average molecular weight is 212 g/mol. The van der Waals surface area contributed by atoms with Crippen LogP contribution in [0, 0.1) is 29.1 Å². The van der Waals surface area contributed by atoms with Crippen LogP contribution in [0.25, 0.3) is 0 Å². The van der Waals surface area contributed by atoms with Crippen LogP contribution < -0.4 is 0 Å². The molecule has 0 saturated heterocycles. The first kappa shape index (κ1) is 11.4. The van der Waals surface area contributed by atoms with Crippen LogP contribution in [0.4, 0.5) is 0 Å². The van der Waals surface area contributed by atoms with Gasteiger partial charge in [-0.2, -0.15) is 0 Å². The Bertz CT molecular complexity index is 225. The topological polar surface area (TPSA) is 40.5 Å².